The maximum Gasteiger partial charge on any atom is 0.317 e. The van der Waals surface area contributed by atoms with Crippen molar-refractivity contribution in [3.8, 4) is 0 Å². The predicted molar refractivity (Wildman–Crippen MR) is 316 cm³/mol. The fourth-order valence-electron chi connectivity index (χ4n) is 18.9. The van der Waals surface area contributed by atoms with Crippen molar-refractivity contribution in [3.63, 3.8) is 0 Å². The summed E-state index contributed by atoms with van der Waals surface area (Å²) in [5.41, 5.74) is -3.72. The number of carbonyl (C=O) groups is 1. The third-order valence-electron chi connectivity index (χ3n) is 24.9. The summed E-state index contributed by atoms with van der Waals surface area (Å²) >= 11 is 0. The van der Waals surface area contributed by atoms with Crippen LogP contribution in [0.25, 0.3) is 0 Å². The van der Waals surface area contributed by atoms with Crippen LogP contribution < -0.4 is 0 Å². The molecule has 6 heterocycles. The van der Waals surface area contributed by atoms with Gasteiger partial charge in [-0.2, -0.15) is 0 Å². The van der Waals surface area contributed by atoms with Crippen molar-refractivity contribution >= 4 is 5.97 Å². The van der Waals surface area contributed by atoms with E-state index in [0.29, 0.717) is 44.9 Å². The summed E-state index contributed by atoms with van der Waals surface area (Å²) in [5.74, 6) is -1.75. The molecule has 38 atom stereocenters. The first kappa shape index (κ1) is 74.2. The lowest BCUT2D eigenvalue weighted by Crippen LogP contribution is -2.69. The lowest BCUT2D eigenvalue weighted by Gasteiger charge is -2.72. The smallest absolute Gasteiger partial charge is 0.317 e. The second-order valence-corrected chi connectivity index (χ2v) is 30.9. The van der Waals surface area contributed by atoms with Crippen LogP contribution >= 0.6 is 0 Å². The number of hydrogen-bond acceptors (Lipinski definition) is 31. The Morgan fingerprint density at radius 1 is 0.495 bits per heavy atom. The highest BCUT2D eigenvalue weighted by Gasteiger charge is 2.73. The summed E-state index contributed by atoms with van der Waals surface area (Å²) in [5, 5.41) is 198. The van der Waals surface area contributed by atoms with Crippen LogP contribution in [0.15, 0.2) is 11.6 Å². The van der Waals surface area contributed by atoms with E-state index in [4.69, 9.17) is 56.8 Å². The minimum atomic E-state index is -1.98. The quantitative estimate of drug-likeness (QED) is 0.0414. The van der Waals surface area contributed by atoms with Gasteiger partial charge in [-0.3, -0.25) is 4.79 Å². The van der Waals surface area contributed by atoms with Gasteiger partial charge in [0, 0.05) is 5.41 Å². The molecular formula is C64H104O31. The zero-order valence-electron chi connectivity index (χ0n) is 54.9. The fraction of sp³-hybridized carbons (Fsp3) is 0.953. The summed E-state index contributed by atoms with van der Waals surface area (Å²) in [4.78, 5) is 15.5. The summed E-state index contributed by atoms with van der Waals surface area (Å²) < 4.78 is 72.2. The van der Waals surface area contributed by atoms with Gasteiger partial charge in [-0.05, 0) is 111 Å². The second kappa shape index (κ2) is 27.7. The van der Waals surface area contributed by atoms with Gasteiger partial charge < -0.3 is 149 Å². The van der Waals surface area contributed by atoms with E-state index in [1.165, 1.54) is 13.8 Å². The number of hydrogen-bond donors (Lipinski definition) is 18. The van der Waals surface area contributed by atoms with E-state index in [1.807, 2.05) is 6.92 Å². The lowest BCUT2D eigenvalue weighted by molar-refractivity contribution is -0.389. The van der Waals surface area contributed by atoms with Gasteiger partial charge in [0.2, 0.25) is 6.29 Å². The molecule has 6 saturated heterocycles. The molecule has 18 N–H and O–H groups in total. The Hall–Kier alpha value is -1.95. The molecule has 31 heteroatoms. The van der Waals surface area contributed by atoms with Gasteiger partial charge in [0.15, 0.2) is 37.6 Å². The summed E-state index contributed by atoms with van der Waals surface area (Å²) in [6.07, 6.45) is -42.5. The highest BCUT2D eigenvalue weighted by Crippen LogP contribution is 2.76. The Morgan fingerprint density at radius 3 is 1.69 bits per heavy atom. The monoisotopic (exact) mass is 1370 g/mol. The Morgan fingerprint density at radius 2 is 1.04 bits per heavy atom. The second-order valence-electron chi connectivity index (χ2n) is 30.9. The topological polar surface area (TPSA) is 492 Å². The van der Waals surface area contributed by atoms with Crippen LogP contribution in [0.1, 0.15) is 113 Å². The first-order chi connectivity index (χ1) is 44.6. The number of allylic oxidation sites excluding steroid dienone is 2. The molecular weight excluding hydrogens is 1260 g/mol. The van der Waals surface area contributed by atoms with Crippen LogP contribution in [0.5, 0.6) is 0 Å². The van der Waals surface area contributed by atoms with E-state index < -0.39 is 250 Å². The molecule has 6 aliphatic heterocycles. The molecule has 0 bridgehead atoms. The van der Waals surface area contributed by atoms with E-state index in [2.05, 4.69) is 40.7 Å². The van der Waals surface area contributed by atoms with Crippen molar-refractivity contribution in [3.05, 3.63) is 11.6 Å². The average molecular weight is 1370 g/mol. The highest BCUT2D eigenvalue weighted by atomic mass is 16.8. The number of aliphatic hydroxyl groups is 18. The van der Waals surface area contributed by atoms with Crippen molar-refractivity contribution in [1.82, 2.24) is 0 Å². The molecule has 11 rings (SSSR count). The molecule has 31 nitrogen and oxygen atoms in total. The third-order valence-corrected chi connectivity index (χ3v) is 24.9. The SMILES string of the molecule is CC1OC(OC2C(O)C(OC3CCC4(C)C(CCC5(C)C4CC=C4C6CC(C)(C)CCC6(C(=O)OC6OCC(O)C(O)C6OC6OC(C)C(OC7OC(CO)C(O)C(O)C7O)C(O)C6O)C(O)CC45C)C3(C)CO)OC(CO)C2OC2OCC(O)C(O)C2O)C(O)C(O)C1O. The average Bonchev–Trinajstić information content (AvgIpc) is 0.671. The number of ether oxygens (including phenoxy) is 12. The molecule has 0 aromatic heterocycles. The van der Waals surface area contributed by atoms with Crippen LogP contribution in [0, 0.1) is 50.2 Å². The molecule has 95 heavy (non-hydrogen) atoms. The normalized spacial score (nSPS) is 55.6. The minimum Gasteiger partial charge on any atom is -0.432 e. The van der Waals surface area contributed by atoms with Crippen LogP contribution in [-0.2, 0) is 61.6 Å². The summed E-state index contributed by atoms with van der Waals surface area (Å²) in [6, 6.07) is 0. The highest BCUT2D eigenvalue weighted by molar-refractivity contribution is 5.80. The molecule has 0 radical (unpaired) electrons. The van der Waals surface area contributed by atoms with Gasteiger partial charge >= 0.3 is 5.97 Å². The van der Waals surface area contributed by atoms with Crippen molar-refractivity contribution in [1.29, 1.82) is 0 Å². The van der Waals surface area contributed by atoms with E-state index >= 15 is 4.79 Å². The zero-order chi connectivity index (χ0) is 69.3. The molecule has 4 saturated carbocycles. The Labute approximate surface area is 550 Å². The summed E-state index contributed by atoms with van der Waals surface area (Å²) in [7, 11) is 0. The summed E-state index contributed by atoms with van der Waals surface area (Å²) in [6.45, 7) is 12.7. The van der Waals surface area contributed by atoms with Crippen molar-refractivity contribution in [2.45, 2.75) is 297 Å². The molecule has 546 valence electrons. The Kier molecular flexibility index (Phi) is 21.6. The standard InChI is InChI=1S/C64H104O31/c1-24-36(71)40(75)44(79)53(86-24)93-50-47(82)56(89-31(20-66)49(50)92-52-43(78)37(72)28(68)21-84-52)90-35-12-13-60(5)32(61(35,6)23-67)11-14-62(7)33(60)10-9-26-27-17-59(3,4)15-16-64(27,34(70)18-63(26,62)8)58(83)95-57-51(38(73)29(69)22-85-57)94-54-46(81)42(77)48(25(2)87-54)91-55-45(80)41(76)39(74)30(19-65)88-55/h9,24-25,27-57,65-82H,10-23H2,1-8H3. The number of carbonyl (C=O) groups excluding carboxylic acids is 1. The predicted octanol–water partition coefficient (Wildman–Crippen LogP) is -5.11. The Bertz CT molecular complexity index is 2680. The number of aliphatic hydroxyl groups excluding tert-OH is 18. The molecule has 11 aliphatic rings. The lowest BCUT2D eigenvalue weighted by atomic mass is 9.33. The Balaban J connectivity index is 0.820. The maximum atomic E-state index is 15.5. The maximum absolute atomic E-state index is 15.5. The van der Waals surface area contributed by atoms with Gasteiger partial charge in [0.05, 0.1) is 57.5 Å². The fourth-order valence-corrected chi connectivity index (χ4v) is 18.9. The van der Waals surface area contributed by atoms with E-state index in [0.717, 1.165) is 5.57 Å². The first-order valence-corrected chi connectivity index (χ1v) is 33.7. The van der Waals surface area contributed by atoms with Gasteiger partial charge in [-0.15, -0.1) is 0 Å². The van der Waals surface area contributed by atoms with Gasteiger partial charge in [0.1, 0.15) is 121 Å². The number of esters is 1. The van der Waals surface area contributed by atoms with Crippen molar-refractivity contribution < 1.29 is 154 Å². The van der Waals surface area contributed by atoms with E-state index in [1.54, 1.807) is 0 Å². The van der Waals surface area contributed by atoms with Gasteiger partial charge in [0.25, 0.3) is 0 Å². The molecule has 5 aliphatic carbocycles. The van der Waals surface area contributed by atoms with Crippen LogP contribution in [0.2, 0.25) is 0 Å². The van der Waals surface area contributed by atoms with Crippen molar-refractivity contribution in [2.24, 2.45) is 50.2 Å². The van der Waals surface area contributed by atoms with Gasteiger partial charge in [-0.1, -0.05) is 53.2 Å². The number of rotatable bonds is 15. The van der Waals surface area contributed by atoms with Crippen molar-refractivity contribution in [2.75, 3.05) is 33.0 Å². The third kappa shape index (κ3) is 12.5. The minimum absolute atomic E-state index is 0.0756. The molecule has 38 unspecified atom stereocenters. The molecule has 0 aromatic rings. The molecule has 10 fully saturated rings. The number of fused-ring (bicyclic) bond motifs is 7. The molecule has 0 spiro atoms. The first-order valence-electron chi connectivity index (χ1n) is 33.7. The molecule has 0 aromatic carbocycles. The van der Waals surface area contributed by atoms with E-state index in [9.17, 15) is 91.9 Å². The van der Waals surface area contributed by atoms with Crippen LogP contribution in [0.3, 0.4) is 0 Å². The zero-order valence-corrected chi connectivity index (χ0v) is 54.9. The van der Waals surface area contributed by atoms with Gasteiger partial charge in [-0.25, -0.2) is 0 Å². The largest absolute Gasteiger partial charge is 0.432 e. The molecule has 0 amide bonds. The van der Waals surface area contributed by atoms with E-state index in [-0.39, 0.29) is 36.7 Å². The van der Waals surface area contributed by atoms with Crippen LogP contribution in [0.4, 0.5) is 0 Å². The van der Waals surface area contributed by atoms with Crippen LogP contribution in [-0.4, -0.2) is 315 Å².